The van der Waals surface area contributed by atoms with E-state index in [1.807, 2.05) is 30.3 Å². The average Bonchev–Trinajstić information content (AvgIpc) is 3.36. The fraction of sp³-hybridized carbons (Fsp3) is 0.217. The van der Waals surface area contributed by atoms with E-state index in [0.717, 1.165) is 24.2 Å². The van der Waals surface area contributed by atoms with Gasteiger partial charge in [-0.2, -0.15) is 0 Å². The van der Waals surface area contributed by atoms with Crippen LogP contribution >= 0.6 is 0 Å². The molecule has 1 fully saturated rings. The molecule has 0 unspecified atom stereocenters. The molecule has 0 spiro atoms. The average molecular weight is 448 g/mol. The van der Waals surface area contributed by atoms with Crippen molar-refractivity contribution in [2.75, 3.05) is 13.1 Å². The monoisotopic (exact) mass is 447 g/mol. The molecule has 0 atom stereocenters. The molecule has 8 nitrogen and oxygen atoms in total. The molecule has 2 aromatic carbocycles. The normalized spacial score (nSPS) is 15.0. The number of piperidine rings is 1. The molecule has 5 rings (SSSR count). The van der Waals surface area contributed by atoms with E-state index in [1.165, 1.54) is 0 Å². The van der Waals surface area contributed by atoms with Crippen molar-refractivity contribution in [3.8, 4) is 34.3 Å². The molecule has 32 heavy (non-hydrogen) atoms. The summed E-state index contributed by atoms with van der Waals surface area (Å²) in [5.41, 5.74) is 2.61. The highest BCUT2D eigenvalue weighted by Gasteiger charge is 2.28. The molecule has 9 heteroatoms. The SMILES string of the molecule is O=S(=O)(c1ccc(-c2cncc(-c3nnc(-c4ccccc4)o3)n2)cc1)C1CCNCC1. The Hall–Kier alpha value is -3.43. The maximum absolute atomic E-state index is 12.9. The van der Waals surface area contributed by atoms with Crippen molar-refractivity contribution < 1.29 is 12.8 Å². The minimum Gasteiger partial charge on any atom is -0.415 e. The second kappa shape index (κ2) is 8.60. The van der Waals surface area contributed by atoms with E-state index in [1.54, 1.807) is 36.7 Å². The van der Waals surface area contributed by atoms with Crippen LogP contribution in [0, 0.1) is 0 Å². The Morgan fingerprint density at radius 2 is 1.50 bits per heavy atom. The second-order valence-electron chi connectivity index (χ2n) is 7.59. The van der Waals surface area contributed by atoms with Crippen LogP contribution < -0.4 is 5.32 Å². The van der Waals surface area contributed by atoms with Crippen molar-refractivity contribution >= 4 is 9.84 Å². The summed E-state index contributed by atoms with van der Waals surface area (Å²) in [6.45, 7) is 1.46. The van der Waals surface area contributed by atoms with Gasteiger partial charge in [0.25, 0.3) is 5.89 Å². The van der Waals surface area contributed by atoms with Gasteiger partial charge in [-0.1, -0.05) is 30.3 Å². The topological polar surface area (TPSA) is 111 Å². The third-order valence-corrected chi connectivity index (χ3v) is 7.78. The highest BCUT2D eigenvalue weighted by Crippen LogP contribution is 2.27. The van der Waals surface area contributed by atoms with Gasteiger partial charge in [-0.05, 0) is 50.2 Å². The summed E-state index contributed by atoms with van der Waals surface area (Å²) in [7, 11) is -3.35. The zero-order chi connectivity index (χ0) is 22.0. The van der Waals surface area contributed by atoms with E-state index in [4.69, 9.17) is 4.42 Å². The summed E-state index contributed by atoms with van der Waals surface area (Å²) in [5.74, 6) is 0.670. The Morgan fingerprint density at radius 3 is 2.25 bits per heavy atom. The largest absolute Gasteiger partial charge is 0.415 e. The standard InChI is InChI=1S/C23H21N5O3S/c29-32(30,19-10-12-24-13-11-19)18-8-6-16(7-9-18)20-14-25-15-21(26-20)23-28-27-22(31-23)17-4-2-1-3-5-17/h1-9,14-15,19,24H,10-13H2. The van der Waals surface area contributed by atoms with E-state index in [0.29, 0.717) is 35.0 Å². The summed E-state index contributed by atoms with van der Waals surface area (Å²) in [4.78, 5) is 9.17. The highest BCUT2D eigenvalue weighted by atomic mass is 32.2. The zero-order valence-corrected chi connectivity index (χ0v) is 18.0. The molecule has 2 aromatic heterocycles. The van der Waals surface area contributed by atoms with Crippen molar-refractivity contribution in [3.05, 3.63) is 67.0 Å². The van der Waals surface area contributed by atoms with Gasteiger partial charge in [0, 0.05) is 11.1 Å². The maximum Gasteiger partial charge on any atom is 0.268 e. The lowest BCUT2D eigenvalue weighted by Crippen LogP contribution is -2.35. The van der Waals surface area contributed by atoms with Crippen LogP contribution in [0.4, 0.5) is 0 Å². The van der Waals surface area contributed by atoms with E-state index in [2.05, 4.69) is 25.5 Å². The molecule has 0 amide bonds. The minimum absolute atomic E-state index is 0.267. The zero-order valence-electron chi connectivity index (χ0n) is 17.2. The van der Waals surface area contributed by atoms with Crippen molar-refractivity contribution in [1.29, 1.82) is 0 Å². The van der Waals surface area contributed by atoms with Gasteiger partial charge in [0.05, 0.1) is 28.2 Å². The number of nitrogens with one attached hydrogen (secondary N) is 1. The molecule has 162 valence electrons. The molecule has 0 bridgehead atoms. The molecule has 0 aliphatic carbocycles. The third-order valence-electron chi connectivity index (χ3n) is 5.50. The van der Waals surface area contributed by atoms with Crippen molar-refractivity contribution in [1.82, 2.24) is 25.5 Å². The first kappa shape index (κ1) is 20.5. The van der Waals surface area contributed by atoms with Gasteiger partial charge >= 0.3 is 0 Å². The summed E-state index contributed by atoms with van der Waals surface area (Å²) in [6.07, 6.45) is 4.44. The number of hydrogen-bond donors (Lipinski definition) is 1. The maximum atomic E-state index is 12.9. The number of rotatable bonds is 5. The lowest BCUT2D eigenvalue weighted by molar-refractivity contribution is 0.496. The van der Waals surface area contributed by atoms with Crippen LogP contribution in [0.25, 0.3) is 34.3 Å². The summed E-state index contributed by atoms with van der Waals surface area (Å²) >= 11 is 0. The smallest absolute Gasteiger partial charge is 0.268 e. The first-order valence-corrected chi connectivity index (χ1v) is 11.9. The number of hydrogen-bond acceptors (Lipinski definition) is 8. The van der Waals surface area contributed by atoms with E-state index in [-0.39, 0.29) is 11.1 Å². The predicted molar refractivity (Wildman–Crippen MR) is 119 cm³/mol. The summed E-state index contributed by atoms with van der Waals surface area (Å²) in [6, 6.07) is 16.3. The molecule has 1 aliphatic heterocycles. The number of aromatic nitrogens is 4. The molecular formula is C23H21N5O3S. The fourth-order valence-electron chi connectivity index (χ4n) is 3.75. The highest BCUT2D eigenvalue weighted by molar-refractivity contribution is 7.92. The lowest BCUT2D eigenvalue weighted by atomic mass is 10.1. The van der Waals surface area contributed by atoms with Crippen LogP contribution in [0.1, 0.15) is 12.8 Å². The Labute approximate surface area is 185 Å². The Morgan fingerprint density at radius 1 is 0.812 bits per heavy atom. The first-order valence-electron chi connectivity index (χ1n) is 10.4. The summed E-state index contributed by atoms with van der Waals surface area (Å²) < 4.78 is 31.6. The van der Waals surface area contributed by atoms with Crippen molar-refractivity contribution in [2.24, 2.45) is 0 Å². The lowest BCUT2D eigenvalue weighted by Gasteiger charge is -2.22. The van der Waals surface area contributed by atoms with Gasteiger partial charge in [-0.15, -0.1) is 10.2 Å². The Kier molecular flexibility index (Phi) is 5.50. The quantitative estimate of drug-likeness (QED) is 0.496. The van der Waals surface area contributed by atoms with Gasteiger partial charge < -0.3 is 9.73 Å². The van der Waals surface area contributed by atoms with Gasteiger partial charge in [-0.3, -0.25) is 4.98 Å². The molecule has 0 radical (unpaired) electrons. The van der Waals surface area contributed by atoms with Crippen LogP contribution in [0.2, 0.25) is 0 Å². The second-order valence-corrected chi connectivity index (χ2v) is 9.81. The van der Waals surface area contributed by atoms with Crippen LogP contribution in [-0.2, 0) is 9.84 Å². The van der Waals surface area contributed by atoms with Crippen molar-refractivity contribution in [2.45, 2.75) is 23.0 Å². The number of benzene rings is 2. The van der Waals surface area contributed by atoms with Crippen LogP contribution in [0.15, 0.2) is 76.3 Å². The minimum atomic E-state index is -3.35. The van der Waals surface area contributed by atoms with Crippen LogP contribution in [0.3, 0.4) is 0 Å². The molecule has 1 N–H and O–H groups in total. The van der Waals surface area contributed by atoms with E-state index in [9.17, 15) is 8.42 Å². The first-order chi connectivity index (χ1) is 15.6. The molecule has 1 saturated heterocycles. The molecule has 1 aliphatic rings. The van der Waals surface area contributed by atoms with Gasteiger partial charge in [0.1, 0.15) is 5.69 Å². The van der Waals surface area contributed by atoms with Crippen LogP contribution in [-0.4, -0.2) is 46.9 Å². The molecule has 4 aromatic rings. The van der Waals surface area contributed by atoms with E-state index >= 15 is 0 Å². The van der Waals surface area contributed by atoms with Gasteiger partial charge in [0.2, 0.25) is 5.89 Å². The number of sulfone groups is 1. The Balaban J connectivity index is 1.40. The molecule has 3 heterocycles. The fourth-order valence-corrected chi connectivity index (χ4v) is 5.50. The third kappa shape index (κ3) is 4.04. The van der Waals surface area contributed by atoms with E-state index < -0.39 is 9.84 Å². The van der Waals surface area contributed by atoms with Gasteiger partial charge in [-0.25, -0.2) is 13.4 Å². The summed E-state index contributed by atoms with van der Waals surface area (Å²) in [5, 5.41) is 11.0. The molecule has 0 saturated carbocycles. The molecular weight excluding hydrogens is 426 g/mol. The Bertz CT molecular complexity index is 1320. The predicted octanol–water partition coefficient (Wildman–Crippen LogP) is 3.39. The van der Waals surface area contributed by atoms with Crippen molar-refractivity contribution in [3.63, 3.8) is 0 Å². The van der Waals surface area contributed by atoms with Crippen LogP contribution in [0.5, 0.6) is 0 Å². The number of nitrogens with zero attached hydrogens (tertiary/aromatic N) is 4. The van der Waals surface area contributed by atoms with Gasteiger partial charge in [0.15, 0.2) is 9.84 Å².